The lowest BCUT2D eigenvalue weighted by atomic mass is 9.98. The number of hydrogen-bond acceptors (Lipinski definition) is 1. The Hall–Kier alpha value is -0.300. The molecule has 0 aromatic carbocycles. The van der Waals surface area contributed by atoms with E-state index in [1.807, 2.05) is 41.5 Å². The first-order chi connectivity index (χ1) is 12.1. The molecule has 0 amide bonds. The molecule has 1 heteroatoms. The number of nitrogens with two attached hydrogens (primary N) is 1. The van der Waals surface area contributed by atoms with Crippen LogP contribution in [0.3, 0.4) is 0 Å². The lowest BCUT2D eigenvalue weighted by Gasteiger charge is -2.08. The Balaban J connectivity index is -0.0000000508. The van der Waals surface area contributed by atoms with Gasteiger partial charge in [0.15, 0.2) is 0 Å². The summed E-state index contributed by atoms with van der Waals surface area (Å²) in [5, 5.41) is 0. The summed E-state index contributed by atoms with van der Waals surface area (Å²) in [4.78, 5) is 0. The highest BCUT2D eigenvalue weighted by atomic mass is 14.5. The Bertz CT molecular complexity index is 131. The van der Waals surface area contributed by atoms with Crippen LogP contribution in [0.5, 0.6) is 0 Å². The highest BCUT2D eigenvalue weighted by molar-refractivity contribution is 4.73. The molecule has 0 atom stereocenters. The second-order valence-corrected chi connectivity index (χ2v) is 5.48. The van der Waals surface area contributed by atoms with E-state index in [4.69, 9.17) is 5.73 Å². The molecule has 0 aliphatic heterocycles. The van der Waals surface area contributed by atoms with Gasteiger partial charge in [0.25, 0.3) is 0 Å². The molecule has 0 fully saturated rings. The molecule has 0 aromatic rings. The zero-order valence-electron chi connectivity index (χ0n) is 20.7. The average molecular weight is 362 g/mol. The molecule has 0 unspecified atom stereocenters. The van der Waals surface area contributed by atoms with Gasteiger partial charge in [-0.1, -0.05) is 133 Å². The third-order valence-corrected chi connectivity index (χ3v) is 2.57. The lowest BCUT2D eigenvalue weighted by molar-refractivity contribution is 0.454. The van der Waals surface area contributed by atoms with Crippen LogP contribution >= 0.6 is 0 Å². The Morgan fingerprint density at radius 2 is 1.04 bits per heavy atom. The molecule has 1 nitrogen and oxygen atoms in total. The molecule has 0 aromatic heterocycles. The van der Waals surface area contributed by atoms with E-state index in [1.165, 1.54) is 44.9 Å². The van der Waals surface area contributed by atoms with Crippen LogP contribution in [0.25, 0.3) is 0 Å². The van der Waals surface area contributed by atoms with Crippen molar-refractivity contribution in [2.24, 2.45) is 11.7 Å². The summed E-state index contributed by atoms with van der Waals surface area (Å²) in [6.07, 6.45) is 15.0. The van der Waals surface area contributed by atoms with Crippen molar-refractivity contribution < 1.29 is 0 Å². The van der Waals surface area contributed by atoms with Crippen LogP contribution in [-0.4, -0.2) is 6.54 Å². The van der Waals surface area contributed by atoms with Crippen molar-refractivity contribution in [1.29, 1.82) is 0 Å². The minimum atomic E-state index is 0.750. The molecule has 0 spiro atoms. The standard InChI is InChI=1S/C10H22.C5H10.C3H8.C2H7N.2C2H6/c1-4-6-8-10(3)9-7-5-2;1-3-5-4-2;1-3-2;1-2-3;2*1-2/h10H,4-9H2,1-3H3;3,5H,4H2,1-2H3;3H2,1-2H3;2-3H2,1H3;2*1-2H3/b;5-3+;;;;. The van der Waals surface area contributed by atoms with Crippen molar-refractivity contribution in [2.75, 3.05) is 6.54 Å². The van der Waals surface area contributed by atoms with Crippen LogP contribution in [0, 0.1) is 5.92 Å². The number of allylic oxidation sites excluding steroid dienone is 2. The SMILES string of the molecule is C/C=C/CC.CC.CC.CCC.CCCCC(C)CCCC.CCN. The number of hydrogen-bond donors (Lipinski definition) is 1. The molecule has 0 aliphatic carbocycles. The third kappa shape index (κ3) is 119. The monoisotopic (exact) mass is 361 g/mol. The van der Waals surface area contributed by atoms with Crippen LogP contribution in [0.2, 0.25) is 0 Å². The molecular formula is C24H59N. The average Bonchev–Trinajstić information content (AvgIpc) is 2.64. The molecule has 2 N–H and O–H groups in total. The summed E-state index contributed by atoms with van der Waals surface area (Å²) in [5.74, 6) is 0.972. The normalized spacial score (nSPS) is 8.24. The van der Waals surface area contributed by atoms with Crippen molar-refractivity contribution in [1.82, 2.24) is 0 Å². The van der Waals surface area contributed by atoms with E-state index in [-0.39, 0.29) is 0 Å². The van der Waals surface area contributed by atoms with Crippen LogP contribution in [0.15, 0.2) is 12.2 Å². The zero-order valence-corrected chi connectivity index (χ0v) is 20.7. The molecule has 160 valence electrons. The summed E-state index contributed by atoms with van der Waals surface area (Å²) in [6.45, 7) is 26.0. The van der Waals surface area contributed by atoms with Crippen molar-refractivity contribution in [3.05, 3.63) is 12.2 Å². The van der Waals surface area contributed by atoms with Gasteiger partial charge in [-0.3, -0.25) is 0 Å². The Kier molecular flexibility index (Phi) is 103. The largest absolute Gasteiger partial charge is 0.331 e. The zero-order chi connectivity index (χ0) is 21.4. The molecule has 0 saturated heterocycles. The van der Waals surface area contributed by atoms with Crippen molar-refractivity contribution in [3.63, 3.8) is 0 Å². The second-order valence-electron chi connectivity index (χ2n) is 5.48. The Labute approximate surface area is 165 Å². The topological polar surface area (TPSA) is 26.0 Å². The first-order valence-electron chi connectivity index (χ1n) is 11.4. The van der Waals surface area contributed by atoms with Crippen LogP contribution < -0.4 is 5.73 Å². The molecule has 0 rings (SSSR count). The Morgan fingerprint density at radius 3 is 1.16 bits per heavy atom. The van der Waals surface area contributed by atoms with Gasteiger partial charge >= 0.3 is 0 Å². The molecular weight excluding hydrogens is 302 g/mol. The van der Waals surface area contributed by atoms with Gasteiger partial charge in [-0.15, -0.1) is 0 Å². The van der Waals surface area contributed by atoms with Crippen LogP contribution in [0.1, 0.15) is 134 Å². The molecule has 0 heterocycles. The highest BCUT2D eigenvalue weighted by Gasteiger charge is 1.98. The third-order valence-electron chi connectivity index (χ3n) is 2.57. The summed E-state index contributed by atoms with van der Waals surface area (Å²) >= 11 is 0. The predicted molar refractivity (Wildman–Crippen MR) is 127 cm³/mol. The van der Waals surface area contributed by atoms with E-state index in [2.05, 4.69) is 53.7 Å². The minimum Gasteiger partial charge on any atom is -0.331 e. The van der Waals surface area contributed by atoms with Gasteiger partial charge in [0, 0.05) is 0 Å². The quantitative estimate of drug-likeness (QED) is 0.449. The van der Waals surface area contributed by atoms with Gasteiger partial charge in [-0.2, -0.15) is 0 Å². The first kappa shape index (κ1) is 39.7. The molecule has 0 saturated carbocycles. The number of rotatable bonds is 7. The molecule has 0 radical (unpaired) electrons. The van der Waals surface area contributed by atoms with Gasteiger partial charge in [0.1, 0.15) is 0 Å². The van der Waals surface area contributed by atoms with Crippen molar-refractivity contribution in [2.45, 2.75) is 134 Å². The summed E-state index contributed by atoms with van der Waals surface area (Å²) in [5.41, 5.74) is 4.85. The van der Waals surface area contributed by atoms with Gasteiger partial charge in [0.2, 0.25) is 0 Å². The fraction of sp³-hybridized carbons (Fsp3) is 0.917. The van der Waals surface area contributed by atoms with Crippen molar-refractivity contribution >= 4 is 0 Å². The fourth-order valence-corrected chi connectivity index (χ4v) is 1.49. The van der Waals surface area contributed by atoms with Crippen molar-refractivity contribution in [3.8, 4) is 0 Å². The van der Waals surface area contributed by atoms with E-state index in [0.717, 1.165) is 18.9 Å². The van der Waals surface area contributed by atoms with E-state index < -0.39 is 0 Å². The van der Waals surface area contributed by atoms with E-state index in [9.17, 15) is 0 Å². The maximum Gasteiger partial charge on any atom is -0.0106 e. The van der Waals surface area contributed by atoms with Crippen LogP contribution in [-0.2, 0) is 0 Å². The smallest absolute Gasteiger partial charge is 0.0106 e. The summed E-state index contributed by atoms with van der Waals surface area (Å²) < 4.78 is 0. The maximum absolute atomic E-state index is 4.85. The lowest BCUT2D eigenvalue weighted by Crippen LogP contribution is -1.93. The van der Waals surface area contributed by atoms with Gasteiger partial charge in [-0.05, 0) is 25.8 Å². The summed E-state index contributed by atoms with van der Waals surface area (Å²) in [7, 11) is 0. The van der Waals surface area contributed by atoms with Gasteiger partial charge in [0.05, 0.1) is 0 Å². The molecule has 0 bridgehead atoms. The Morgan fingerprint density at radius 1 is 0.760 bits per heavy atom. The van der Waals surface area contributed by atoms with E-state index in [1.54, 1.807) is 0 Å². The van der Waals surface area contributed by atoms with Crippen LogP contribution in [0.4, 0.5) is 0 Å². The van der Waals surface area contributed by atoms with E-state index >= 15 is 0 Å². The minimum absolute atomic E-state index is 0.750. The predicted octanol–water partition coefficient (Wildman–Crippen LogP) is 9.41. The number of unbranched alkanes of at least 4 members (excludes halogenated alkanes) is 2. The maximum atomic E-state index is 4.85. The first-order valence-corrected chi connectivity index (χ1v) is 11.4. The molecule has 0 aliphatic rings. The van der Waals surface area contributed by atoms with Gasteiger partial charge < -0.3 is 5.73 Å². The molecule has 25 heavy (non-hydrogen) atoms. The fourth-order valence-electron chi connectivity index (χ4n) is 1.49. The summed E-state index contributed by atoms with van der Waals surface area (Å²) in [6, 6.07) is 0. The second kappa shape index (κ2) is 65.1. The van der Waals surface area contributed by atoms with Gasteiger partial charge in [-0.25, -0.2) is 0 Å². The van der Waals surface area contributed by atoms with E-state index in [0.29, 0.717) is 0 Å². The highest BCUT2D eigenvalue weighted by Crippen LogP contribution is 2.14.